The van der Waals surface area contributed by atoms with Gasteiger partial charge in [0.15, 0.2) is 0 Å². The van der Waals surface area contributed by atoms with E-state index in [1.54, 1.807) is 16.4 Å². The number of hydrogen-bond acceptors (Lipinski definition) is 7. The monoisotopic (exact) mass is 354 g/mol. The summed E-state index contributed by atoms with van der Waals surface area (Å²) in [6.45, 7) is 4.35. The van der Waals surface area contributed by atoms with Crippen molar-refractivity contribution in [2.75, 3.05) is 38.6 Å². The molecule has 2 fully saturated rings. The van der Waals surface area contributed by atoms with Crippen molar-refractivity contribution in [2.45, 2.75) is 36.9 Å². The fourth-order valence-corrected chi connectivity index (χ4v) is 4.11. The molecular weight excluding hydrogens is 328 g/mol. The lowest BCUT2D eigenvalue weighted by Crippen LogP contribution is -2.48. The molecule has 1 aromatic rings. The van der Waals surface area contributed by atoms with E-state index >= 15 is 0 Å². The van der Waals surface area contributed by atoms with E-state index in [0.717, 1.165) is 62.9 Å². The Labute approximate surface area is 146 Å². The first-order valence-corrected chi connectivity index (χ1v) is 9.67. The molecule has 0 saturated carbocycles. The number of aromatic nitrogens is 4. The lowest BCUT2D eigenvalue weighted by atomic mass is 9.94. The van der Waals surface area contributed by atoms with Crippen molar-refractivity contribution in [3.8, 4) is 0 Å². The quantitative estimate of drug-likeness (QED) is 0.581. The molecule has 1 atom stereocenters. The number of likely N-dealkylation sites (tertiary alicyclic amines) is 1. The smallest absolute Gasteiger partial charge is 0.224 e. The molecule has 1 amide bonds. The van der Waals surface area contributed by atoms with Crippen LogP contribution in [0.5, 0.6) is 0 Å². The molecule has 2 aliphatic heterocycles. The van der Waals surface area contributed by atoms with Crippen molar-refractivity contribution < 1.29 is 9.53 Å². The van der Waals surface area contributed by atoms with E-state index < -0.39 is 0 Å². The van der Waals surface area contributed by atoms with Crippen LogP contribution in [0.2, 0.25) is 0 Å². The molecule has 0 aliphatic carbocycles. The van der Waals surface area contributed by atoms with Crippen LogP contribution < -0.4 is 5.32 Å². The number of piperidine rings is 1. The van der Waals surface area contributed by atoms with Gasteiger partial charge in [0.05, 0.1) is 5.92 Å². The summed E-state index contributed by atoms with van der Waals surface area (Å²) in [5, 5.41) is 15.2. The summed E-state index contributed by atoms with van der Waals surface area (Å²) in [5.41, 5.74) is 0. The summed E-state index contributed by atoms with van der Waals surface area (Å²) in [5.74, 6) is 1.07. The Bertz CT molecular complexity index is 534. The van der Waals surface area contributed by atoms with E-state index in [-0.39, 0.29) is 11.8 Å². The average Bonchev–Trinajstić information content (AvgIpc) is 3.04. The second-order valence-corrected chi connectivity index (χ2v) is 7.46. The van der Waals surface area contributed by atoms with Gasteiger partial charge in [-0.05, 0) is 42.7 Å². The lowest BCUT2D eigenvalue weighted by molar-refractivity contribution is -0.127. The number of carbonyl (C=O) groups excluding carboxylic acids is 1. The minimum absolute atomic E-state index is 0.114. The first kappa shape index (κ1) is 17.6. The maximum absolute atomic E-state index is 12.4. The van der Waals surface area contributed by atoms with Gasteiger partial charge < -0.3 is 10.1 Å². The predicted molar refractivity (Wildman–Crippen MR) is 90.7 cm³/mol. The predicted octanol–water partition coefficient (Wildman–Crippen LogP) is 0.309. The Morgan fingerprint density at radius 2 is 2.21 bits per heavy atom. The first-order valence-electron chi connectivity index (χ1n) is 8.68. The zero-order valence-electron chi connectivity index (χ0n) is 14.2. The van der Waals surface area contributed by atoms with Crippen molar-refractivity contribution in [3.05, 3.63) is 0 Å². The molecule has 0 aromatic carbocycles. The van der Waals surface area contributed by atoms with Gasteiger partial charge >= 0.3 is 0 Å². The van der Waals surface area contributed by atoms with Crippen LogP contribution in [0.1, 0.15) is 25.7 Å². The molecule has 0 spiro atoms. The minimum Gasteiger partial charge on any atom is -0.381 e. The molecule has 1 aromatic heterocycles. The van der Waals surface area contributed by atoms with Gasteiger partial charge in [0.1, 0.15) is 0 Å². The van der Waals surface area contributed by atoms with Crippen molar-refractivity contribution in [1.29, 1.82) is 0 Å². The largest absolute Gasteiger partial charge is 0.381 e. The van der Waals surface area contributed by atoms with Gasteiger partial charge in [-0.2, -0.15) is 0 Å². The normalized spacial score (nSPS) is 23.3. The van der Waals surface area contributed by atoms with Crippen LogP contribution in [-0.2, 0) is 16.6 Å². The fraction of sp³-hybridized carbons (Fsp3) is 0.867. The topological polar surface area (TPSA) is 85.2 Å². The summed E-state index contributed by atoms with van der Waals surface area (Å²) in [4.78, 5) is 14.9. The van der Waals surface area contributed by atoms with E-state index in [2.05, 4.69) is 25.7 Å². The highest BCUT2D eigenvalue weighted by atomic mass is 32.2. The molecule has 1 unspecified atom stereocenters. The van der Waals surface area contributed by atoms with Gasteiger partial charge in [0.2, 0.25) is 11.1 Å². The standard InChI is InChI=1S/C15H26N6O2S/c1-20-15(17-18-19-20)24-10-6-16-14(22)12-3-2-7-21(11-12)13-4-8-23-9-5-13/h12-13H,2-11H2,1H3,(H,16,22). The van der Waals surface area contributed by atoms with Gasteiger partial charge in [-0.3, -0.25) is 9.69 Å². The molecule has 9 heteroatoms. The maximum atomic E-state index is 12.4. The Kier molecular flexibility index (Phi) is 6.44. The summed E-state index contributed by atoms with van der Waals surface area (Å²) in [6, 6.07) is 0.591. The average molecular weight is 354 g/mol. The molecule has 2 aliphatic rings. The molecule has 134 valence electrons. The summed E-state index contributed by atoms with van der Waals surface area (Å²) >= 11 is 1.55. The number of tetrazole rings is 1. The van der Waals surface area contributed by atoms with Crippen molar-refractivity contribution in [1.82, 2.24) is 30.4 Å². The molecule has 0 radical (unpaired) electrons. The Hall–Kier alpha value is -1.19. The van der Waals surface area contributed by atoms with E-state index in [1.807, 2.05) is 7.05 Å². The van der Waals surface area contributed by atoms with E-state index in [0.29, 0.717) is 12.6 Å². The molecule has 24 heavy (non-hydrogen) atoms. The molecule has 1 N–H and O–H groups in total. The third-order valence-corrected chi connectivity index (χ3v) is 5.76. The van der Waals surface area contributed by atoms with Gasteiger partial charge in [-0.15, -0.1) is 5.10 Å². The Morgan fingerprint density at radius 1 is 1.38 bits per heavy atom. The molecule has 3 rings (SSSR count). The molecule has 8 nitrogen and oxygen atoms in total. The number of hydrogen-bond donors (Lipinski definition) is 1. The number of amides is 1. The zero-order chi connectivity index (χ0) is 16.8. The number of rotatable bonds is 6. The zero-order valence-corrected chi connectivity index (χ0v) is 15.0. The van der Waals surface area contributed by atoms with Gasteiger partial charge in [-0.1, -0.05) is 11.8 Å². The number of nitrogens with zero attached hydrogens (tertiary/aromatic N) is 5. The van der Waals surface area contributed by atoms with Crippen molar-refractivity contribution >= 4 is 17.7 Å². The summed E-state index contributed by atoms with van der Waals surface area (Å²) in [6.07, 6.45) is 4.29. The van der Waals surface area contributed by atoms with Crippen LogP contribution in [-0.4, -0.2) is 75.7 Å². The van der Waals surface area contributed by atoms with Gasteiger partial charge in [0, 0.05) is 45.1 Å². The molecule has 2 saturated heterocycles. The van der Waals surface area contributed by atoms with Crippen LogP contribution in [0.4, 0.5) is 0 Å². The van der Waals surface area contributed by atoms with Gasteiger partial charge in [0.25, 0.3) is 0 Å². The summed E-state index contributed by atoms with van der Waals surface area (Å²) < 4.78 is 7.08. The van der Waals surface area contributed by atoms with E-state index in [9.17, 15) is 4.79 Å². The Morgan fingerprint density at radius 3 is 2.96 bits per heavy atom. The molecular formula is C15H26N6O2S. The van der Waals surface area contributed by atoms with E-state index in [1.165, 1.54) is 0 Å². The third kappa shape index (κ3) is 4.67. The van der Waals surface area contributed by atoms with Crippen LogP contribution in [0.25, 0.3) is 0 Å². The maximum Gasteiger partial charge on any atom is 0.224 e. The summed E-state index contributed by atoms with van der Waals surface area (Å²) in [7, 11) is 1.81. The van der Waals surface area contributed by atoms with Crippen molar-refractivity contribution in [3.63, 3.8) is 0 Å². The second kappa shape index (κ2) is 8.77. The number of thioether (sulfide) groups is 1. The third-order valence-electron chi connectivity index (χ3n) is 4.74. The van der Waals surface area contributed by atoms with Crippen LogP contribution in [0.15, 0.2) is 5.16 Å². The van der Waals surface area contributed by atoms with Crippen LogP contribution in [0.3, 0.4) is 0 Å². The highest BCUT2D eigenvalue weighted by molar-refractivity contribution is 7.99. The fourth-order valence-electron chi connectivity index (χ4n) is 3.41. The Balaban J connectivity index is 1.38. The SMILES string of the molecule is Cn1nnnc1SCCNC(=O)C1CCCN(C2CCOCC2)C1. The van der Waals surface area contributed by atoms with Gasteiger partial charge in [-0.25, -0.2) is 4.68 Å². The minimum atomic E-state index is 0.114. The highest BCUT2D eigenvalue weighted by Gasteiger charge is 2.30. The molecule has 3 heterocycles. The highest BCUT2D eigenvalue weighted by Crippen LogP contribution is 2.23. The van der Waals surface area contributed by atoms with E-state index in [4.69, 9.17) is 4.74 Å². The number of ether oxygens (including phenoxy) is 1. The van der Waals surface area contributed by atoms with Crippen molar-refractivity contribution in [2.24, 2.45) is 13.0 Å². The van der Waals surface area contributed by atoms with Crippen LogP contribution in [0, 0.1) is 5.92 Å². The lowest BCUT2D eigenvalue weighted by Gasteiger charge is -2.39. The van der Waals surface area contributed by atoms with Crippen LogP contribution >= 0.6 is 11.8 Å². The number of carbonyl (C=O) groups is 1. The number of aryl methyl sites for hydroxylation is 1. The number of nitrogens with one attached hydrogen (secondary N) is 1. The first-order chi connectivity index (χ1) is 11.7. The second-order valence-electron chi connectivity index (χ2n) is 6.40. The molecule has 0 bridgehead atoms.